The minimum absolute atomic E-state index is 0.477. The van der Waals surface area contributed by atoms with Gasteiger partial charge in [0.1, 0.15) is 0 Å². The molecule has 0 aliphatic carbocycles. The van der Waals surface area contributed by atoms with Crippen LogP contribution in [-0.2, 0) is 12.7 Å². The topological polar surface area (TPSA) is 15.3 Å². The third-order valence-electron chi connectivity index (χ3n) is 3.82. The van der Waals surface area contributed by atoms with Crippen molar-refractivity contribution in [1.82, 2.24) is 10.2 Å². The van der Waals surface area contributed by atoms with Crippen LogP contribution >= 0.6 is 0 Å². The van der Waals surface area contributed by atoms with Crippen molar-refractivity contribution in [3.05, 3.63) is 35.4 Å². The Morgan fingerprint density at radius 2 is 1.90 bits per heavy atom. The average molecular weight is 300 g/mol. The number of piperidine rings is 1. The molecule has 0 radical (unpaired) electrons. The van der Waals surface area contributed by atoms with Gasteiger partial charge in [0.05, 0.1) is 5.56 Å². The summed E-state index contributed by atoms with van der Waals surface area (Å²) in [5.41, 5.74) is 0.177. The molecule has 0 unspecified atom stereocenters. The van der Waals surface area contributed by atoms with E-state index in [0.29, 0.717) is 18.6 Å². The summed E-state index contributed by atoms with van der Waals surface area (Å²) in [5.74, 6) is 0. The summed E-state index contributed by atoms with van der Waals surface area (Å²) < 4.78 is 38.1. The molecule has 0 saturated carbocycles. The maximum Gasteiger partial charge on any atom is 0.416 e. The van der Waals surface area contributed by atoms with Crippen LogP contribution in [0.1, 0.15) is 37.8 Å². The second-order valence-electron chi connectivity index (χ2n) is 6.07. The summed E-state index contributed by atoms with van der Waals surface area (Å²) >= 11 is 0. The zero-order valence-electron chi connectivity index (χ0n) is 12.6. The monoisotopic (exact) mass is 300 g/mol. The first-order chi connectivity index (χ1) is 9.84. The average Bonchev–Trinajstić information content (AvgIpc) is 2.40. The van der Waals surface area contributed by atoms with Crippen molar-refractivity contribution < 1.29 is 13.2 Å². The van der Waals surface area contributed by atoms with E-state index < -0.39 is 11.7 Å². The highest BCUT2D eigenvalue weighted by atomic mass is 19.4. The minimum atomic E-state index is -4.26. The van der Waals surface area contributed by atoms with Crippen LogP contribution in [0.2, 0.25) is 0 Å². The Morgan fingerprint density at radius 3 is 2.48 bits per heavy atom. The number of hydrogen-bond acceptors (Lipinski definition) is 2. The van der Waals surface area contributed by atoms with E-state index in [2.05, 4.69) is 24.1 Å². The molecule has 0 amide bonds. The zero-order chi connectivity index (χ0) is 15.5. The lowest BCUT2D eigenvalue weighted by molar-refractivity contribution is -0.137. The molecule has 1 aromatic rings. The lowest BCUT2D eigenvalue weighted by Gasteiger charge is -2.33. The van der Waals surface area contributed by atoms with Crippen molar-refractivity contribution in [2.45, 2.75) is 51.5 Å². The molecule has 1 aromatic carbocycles. The number of benzene rings is 1. The van der Waals surface area contributed by atoms with Gasteiger partial charge in [-0.1, -0.05) is 32.0 Å². The van der Waals surface area contributed by atoms with Crippen molar-refractivity contribution in [1.29, 1.82) is 0 Å². The molecule has 5 heteroatoms. The molecule has 0 aromatic heterocycles. The van der Waals surface area contributed by atoms with E-state index >= 15 is 0 Å². The van der Waals surface area contributed by atoms with Crippen LogP contribution in [0.3, 0.4) is 0 Å². The van der Waals surface area contributed by atoms with Crippen LogP contribution < -0.4 is 5.32 Å². The van der Waals surface area contributed by atoms with Crippen LogP contribution in [0.5, 0.6) is 0 Å². The molecule has 21 heavy (non-hydrogen) atoms. The molecule has 0 bridgehead atoms. The first kappa shape index (κ1) is 16.3. The molecule has 1 N–H and O–H groups in total. The van der Waals surface area contributed by atoms with Crippen LogP contribution in [0, 0.1) is 0 Å². The molecule has 2 nitrogen and oxygen atoms in total. The summed E-state index contributed by atoms with van der Waals surface area (Å²) in [5, 5.41) is 3.52. The number of alkyl halides is 3. The Hall–Kier alpha value is -1.07. The van der Waals surface area contributed by atoms with Gasteiger partial charge in [0.2, 0.25) is 0 Å². The van der Waals surface area contributed by atoms with Gasteiger partial charge in [-0.15, -0.1) is 0 Å². The SMILES string of the molecule is CC(C)NC1CCN(Cc2cccc(C(F)(F)F)c2)CC1. The fourth-order valence-corrected chi connectivity index (χ4v) is 2.83. The van der Waals surface area contributed by atoms with E-state index in [1.807, 2.05) is 0 Å². The highest BCUT2D eigenvalue weighted by Crippen LogP contribution is 2.29. The van der Waals surface area contributed by atoms with Crippen molar-refractivity contribution in [3.8, 4) is 0 Å². The Morgan fingerprint density at radius 1 is 1.24 bits per heavy atom. The van der Waals surface area contributed by atoms with Crippen molar-refractivity contribution in [2.75, 3.05) is 13.1 Å². The largest absolute Gasteiger partial charge is 0.416 e. The van der Waals surface area contributed by atoms with E-state index in [9.17, 15) is 13.2 Å². The second-order valence-corrected chi connectivity index (χ2v) is 6.07. The van der Waals surface area contributed by atoms with Gasteiger partial charge in [-0.05, 0) is 37.6 Å². The predicted molar refractivity (Wildman–Crippen MR) is 78.0 cm³/mol. The Labute approximate surface area is 124 Å². The van der Waals surface area contributed by atoms with E-state index in [4.69, 9.17) is 0 Å². The normalized spacial score (nSPS) is 18.4. The maximum absolute atomic E-state index is 12.7. The summed E-state index contributed by atoms with van der Waals surface area (Å²) in [7, 11) is 0. The quantitative estimate of drug-likeness (QED) is 0.913. The Bertz CT molecular complexity index is 449. The fraction of sp³-hybridized carbons (Fsp3) is 0.625. The number of hydrogen-bond donors (Lipinski definition) is 1. The van der Waals surface area contributed by atoms with Crippen LogP contribution in [-0.4, -0.2) is 30.1 Å². The van der Waals surface area contributed by atoms with Crippen LogP contribution in [0.15, 0.2) is 24.3 Å². The number of likely N-dealkylation sites (tertiary alicyclic amines) is 1. The molecule has 2 rings (SSSR count). The van der Waals surface area contributed by atoms with Gasteiger partial charge < -0.3 is 5.32 Å². The van der Waals surface area contributed by atoms with E-state index in [1.165, 1.54) is 12.1 Å². The number of nitrogens with zero attached hydrogens (tertiary/aromatic N) is 1. The van der Waals surface area contributed by atoms with Crippen molar-refractivity contribution in [2.24, 2.45) is 0 Å². The van der Waals surface area contributed by atoms with E-state index in [1.54, 1.807) is 6.07 Å². The molecular weight excluding hydrogens is 277 g/mol. The minimum Gasteiger partial charge on any atom is -0.312 e. The molecule has 1 aliphatic heterocycles. The predicted octanol–water partition coefficient (Wildman–Crippen LogP) is 3.67. The Balaban J connectivity index is 1.89. The molecule has 1 saturated heterocycles. The van der Waals surface area contributed by atoms with E-state index in [0.717, 1.165) is 37.6 Å². The summed E-state index contributed by atoms with van der Waals surface area (Å²) in [4.78, 5) is 2.23. The Kier molecular flexibility index (Phi) is 5.27. The first-order valence-corrected chi connectivity index (χ1v) is 7.49. The lowest BCUT2D eigenvalue weighted by Crippen LogP contribution is -2.44. The molecule has 0 atom stereocenters. The highest BCUT2D eigenvalue weighted by Gasteiger charge is 2.30. The molecule has 1 heterocycles. The van der Waals surface area contributed by atoms with Gasteiger partial charge in [0.25, 0.3) is 0 Å². The lowest BCUT2D eigenvalue weighted by atomic mass is 10.0. The molecular formula is C16H23F3N2. The molecule has 1 fully saturated rings. The van der Waals surface area contributed by atoms with Gasteiger partial charge in [-0.3, -0.25) is 4.90 Å². The zero-order valence-corrected chi connectivity index (χ0v) is 12.6. The van der Waals surface area contributed by atoms with Crippen molar-refractivity contribution in [3.63, 3.8) is 0 Å². The smallest absolute Gasteiger partial charge is 0.312 e. The molecule has 118 valence electrons. The van der Waals surface area contributed by atoms with Crippen LogP contribution in [0.25, 0.3) is 0 Å². The summed E-state index contributed by atoms with van der Waals surface area (Å²) in [6.45, 7) is 6.73. The van der Waals surface area contributed by atoms with Gasteiger partial charge in [-0.25, -0.2) is 0 Å². The summed E-state index contributed by atoms with van der Waals surface area (Å²) in [6, 6.07) is 6.66. The first-order valence-electron chi connectivity index (χ1n) is 7.49. The van der Waals surface area contributed by atoms with E-state index in [-0.39, 0.29) is 0 Å². The number of nitrogens with one attached hydrogen (secondary N) is 1. The number of rotatable bonds is 4. The third kappa shape index (κ3) is 5.00. The maximum atomic E-state index is 12.7. The second kappa shape index (κ2) is 6.79. The highest BCUT2D eigenvalue weighted by molar-refractivity contribution is 5.25. The van der Waals surface area contributed by atoms with Gasteiger partial charge in [-0.2, -0.15) is 13.2 Å². The van der Waals surface area contributed by atoms with Gasteiger partial charge >= 0.3 is 6.18 Å². The standard InChI is InChI=1S/C16H23F3N2/c1-12(2)20-15-6-8-21(9-7-15)11-13-4-3-5-14(10-13)16(17,18)19/h3-5,10,12,15,20H,6-9,11H2,1-2H3. The molecule has 0 spiro atoms. The summed E-state index contributed by atoms with van der Waals surface area (Å²) in [6.07, 6.45) is -2.15. The van der Waals surface area contributed by atoms with Crippen LogP contribution in [0.4, 0.5) is 13.2 Å². The fourth-order valence-electron chi connectivity index (χ4n) is 2.83. The number of halogens is 3. The third-order valence-corrected chi connectivity index (χ3v) is 3.82. The van der Waals surface area contributed by atoms with Gasteiger partial charge in [0, 0.05) is 18.6 Å². The van der Waals surface area contributed by atoms with Gasteiger partial charge in [0.15, 0.2) is 0 Å². The molecule has 1 aliphatic rings. The van der Waals surface area contributed by atoms with Crippen molar-refractivity contribution >= 4 is 0 Å².